The van der Waals surface area contributed by atoms with Crippen LogP contribution in [0.4, 0.5) is 0 Å². The zero-order valence-corrected chi connectivity index (χ0v) is 13.2. The molecule has 0 bridgehead atoms. The van der Waals surface area contributed by atoms with Crippen LogP contribution in [-0.2, 0) is 14.1 Å². The normalized spacial score (nSPS) is 22.1. The summed E-state index contributed by atoms with van der Waals surface area (Å²) in [6.07, 6.45) is 3.51. The molecule has 1 saturated heterocycles. The smallest absolute Gasteiger partial charge is 0.325 e. The average Bonchev–Trinajstić information content (AvgIpc) is 2.98. The van der Waals surface area contributed by atoms with E-state index in [2.05, 4.69) is 5.09 Å². The fourth-order valence-electron chi connectivity index (χ4n) is 2.59. The second-order valence-corrected chi connectivity index (χ2v) is 7.62. The van der Waals surface area contributed by atoms with E-state index < -0.39 is 19.5 Å². The summed E-state index contributed by atoms with van der Waals surface area (Å²) in [5, 5.41) is 11.7. The number of hydrogen-bond acceptors (Lipinski definition) is 3. The molecule has 0 spiro atoms. The third-order valence-electron chi connectivity index (χ3n) is 3.72. The van der Waals surface area contributed by atoms with E-state index in [1.54, 1.807) is 30.3 Å². The Morgan fingerprint density at radius 1 is 1.41 bits per heavy atom. The molecule has 7 heteroatoms. The van der Waals surface area contributed by atoms with Crippen LogP contribution in [0.3, 0.4) is 0 Å². The van der Waals surface area contributed by atoms with E-state index in [0.29, 0.717) is 12.0 Å². The topological polar surface area (TPSA) is 95.9 Å². The van der Waals surface area contributed by atoms with E-state index in [-0.39, 0.29) is 12.3 Å². The number of hydrogen-bond donors (Lipinski definition) is 3. The molecule has 1 fully saturated rings. The monoisotopic (exact) mass is 327 g/mol. The Bertz CT molecular complexity index is 530. The number of carbonyl (C=O) groups is 1. The first-order chi connectivity index (χ1) is 10.5. The standard InChI is InChI=1S/C15H22NO5P/c17-15(18)14(12-6-2-1-3-7-12)16-22(19,20)11-5-9-13-8-4-10-21-13/h1-3,6-7,13-14H,4-5,8-11H2,(H,17,18)(H2,16,19,20). The van der Waals surface area contributed by atoms with Crippen molar-refractivity contribution in [2.24, 2.45) is 0 Å². The molecular weight excluding hydrogens is 305 g/mol. The third kappa shape index (κ3) is 5.21. The van der Waals surface area contributed by atoms with Gasteiger partial charge in [0.1, 0.15) is 6.04 Å². The van der Waals surface area contributed by atoms with Gasteiger partial charge in [-0.3, -0.25) is 9.36 Å². The van der Waals surface area contributed by atoms with Crippen LogP contribution in [0.2, 0.25) is 0 Å². The number of carboxylic acids is 1. The molecule has 2 rings (SSSR count). The molecule has 0 aromatic heterocycles. The van der Waals surface area contributed by atoms with Gasteiger partial charge in [0, 0.05) is 12.8 Å². The molecule has 6 nitrogen and oxygen atoms in total. The summed E-state index contributed by atoms with van der Waals surface area (Å²) < 4.78 is 17.7. The summed E-state index contributed by atoms with van der Waals surface area (Å²) in [4.78, 5) is 21.4. The quantitative estimate of drug-likeness (QED) is 0.635. The lowest BCUT2D eigenvalue weighted by molar-refractivity contribution is -0.139. The minimum absolute atomic E-state index is 0.0451. The summed E-state index contributed by atoms with van der Waals surface area (Å²) in [6, 6.07) is 7.23. The van der Waals surface area contributed by atoms with Crippen molar-refractivity contribution in [3.63, 3.8) is 0 Å². The number of ether oxygens (including phenoxy) is 1. The van der Waals surface area contributed by atoms with Gasteiger partial charge in [-0.2, -0.15) is 0 Å². The first-order valence-electron chi connectivity index (χ1n) is 7.47. The van der Waals surface area contributed by atoms with E-state index in [1.165, 1.54) is 0 Å². The summed E-state index contributed by atoms with van der Waals surface area (Å²) >= 11 is 0. The van der Waals surface area contributed by atoms with Crippen LogP contribution in [0.15, 0.2) is 30.3 Å². The predicted octanol–water partition coefficient (Wildman–Crippen LogP) is 2.55. The zero-order valence-electron chi connectivity index (χ0n) is 12.4. The van der Waals surface area contributed by atoms with Gasteiger partial charge in [-0.05, 0) is 31.2 Å². The lowest BCUT2D eigenvalue weighted by Crippen LogP contribution is -2.27. The second kappa shape index (κ2) is 7.88. The Balaban J connectivity index is 1.90. The molecule has 3 atom stereocenters. The van der Waals surface area contributed by atoms with Gasteiger partial charge in [-0.15, -0.1) is 0 Å². The van der Waals surface area contributed by atoms with Crippen molar-refractivity contribution in [3.05, 3.63) is 35.9 Å². The van der Waals surface area contributed by atoms with Crippen molar-refractivity contribution in [2.45, 2.75) is 37.8 Å². The Labute approximate surface area is 130 Å². The Hall–Kier alpha value is -1.20. The van der Waals surface area contributed by atoms with Gasteiger partial charge >= 0.3 is 5.97 Å². The van der Waals surface area contributed by atoms with Gasteiger partial charge in [-0.25, -0.2) is 5.09 Å². The summed E-state index contributed by atoms with van der Waals surface area (Å²) in [7, 11) is -3.71. The van der Waals surface area contributed by atoms with Crippen LogP contribution in [0.1, 0.15) is 37.3 Å². The minimum Gasteiger partial charge on any atom is -0.480 e. The van der Waals surface area contributed by atoms with Crippen molar-refractivity contribution in [1.29, 1.82) is 0 Å². The largest absolute Gasteiger partial charge is 0.480 e. The number of carboxylic acid groups (broad SMARTS) is 1. The predicted molar refractivity (Wildman–Crippen MR) is 82.9 cm³/mol. The highest BCUT2D eigenvalue weighted by Crippen LogP contribution is 2.40. The summed E-state index contributed by atoms with van der Waals surface area (Å²) in [5.74, 6) is -1.17. The maximum atomic E-state index is 12.2. The highest BCUT2D eigenvalue weighted by Gasteiger charge is 2.29. The van der Waals surface area contributed by atoms with E-state index in [1.807, 2.05) is 0 Å². The molecule has 0 saturated carbocycles. The molecule has 1 heterocycles. The summed E-state index contributed by atoms with van der Waals surface area (Å²) in [5.41, 5.74) is 0.461. The highest BCUT2D eigenvalue weighted by atomic mass is 31.2. The van der Waals surface area contributed by atoms with Crippen LogP contribution in [0, 0.1) is 0 Å². The SMILES string of the molecule is O=C(O)C(NP(=O)(O)CCCC1CCCO1)c1ccccc1. The Kier molecular flexibility index (Phi) is 6.15. The minimum atomic E-state index is -3.71. The van der Waals surface area contributed by atoms with Gasteiger partial charge in [-0.1, -0.05) is 30.3 Å². The second-order valence-electron chi connectivity index (χ2n) is 5.51. The van der Waals surface area contributed by atoms with Gasteiger partial charge in [0.05, 0.1) is 6.10 Å². The van der Waals surface area contributed by atoms with Crippen LogP contribution in [0.5, 0.6) is 0 Å². The lowest BCUT2D eigenvalue weighted by atomic mass is 10.1. The van der Waals surface area contributed by atoms with Gasteiger partial charge in [0.25, 0.3) is 7.52 Å². The van der Waals surface area contributed by atoms with E-state index >= 15 is 0 Å². The van der Waals surface area contributed by atoms with Crippen LogP contribution >= 0.6 is 7.52 Å². The zero-order chi connectivity index (χ0) is 16.0. The molecule has 1 aromatic carbocycles. The maximum Gasteiger partial charge on any atom is 0.325 e. The van der Waals surface area contributed by atoms with Crippen LogP contribution in [0.25, 0.3) is 0 Å². The molecule has 122 valence electrons. The van der Waals surface area contributed by atoms with Crippen molar-refractivity contribution in [1.82, 2.24) is 5.09 Å². The van der Waals surface area contributed by atoms with Crippen molar-refractivity contribution >= 4 is 13.5 Å². The average molecular weight is 327 g/mol. The van der Waals surface area contributed by atoms with Gasteiger partial charge < -0.3 is 14.7 Å². The van der Waals surface area contributed by atoms with Crippen LogP contribution in [-0.4, -0.2) is 34.8 Å². The molecular formula is C15H22NO5P. The molecule has 22 heavy (non-hydrogen) atoms. The van der Waals surface area contributed by atoms with Crippen molar-refractivity contribution in [2.75, 3.05) is 12.8 Å². The lowest BCUT2D eigenvalue weighted by Gasteiger charge is -2.20. The molecule has 1 aliphatic rings. The van der Waals surface area contributed by atoms with Crippen molar-refractivity contribution < 1.29 is 24.1 Å². The van der Waals surface area contributed by atoms with Gasteiger partial charge in [0.15, 0.2) is 0 Å². The first kappa shape index (κ1) is 17.2. The molecule has 1 aliphatic heterocycles. The Morgan fingerprint density at radius 2 is 2.14 bits per heavy atom. The maximum absolute atomic E-state index is 12.2. The number of rotatable bonds is 8. The number of aliphatic carboxylic acids is 1. The van der Waals surface area contributed by atoms with E-state index in [4.69, 9.17) is 4.74 Å². The first-order valence-corrected chi connectivity index (χ1v) is 9.31. The third-order valence-corrected chi connectivity index (χ3v) is 5.31. The molecule has 0 aliphatic carbocycles. The number of nitrogens with one attached hydrogen (secondary N) is 1. The fraction of sp³-hybridized carbons (Fsp3) is 0.533. The van der Waals surface area contributed by atoms with Gasteiger partial charge in [0.2, 0.25) is 0 Å². The molecule has 3 unspecified atom stereocenters. The Morgan fingerprint density at radius 3 is 2.73 bits per heavy atom. The summed E-state index contributed by atoms with van der Waals surface area (Å²) in [6.45, 7) is 0.759. The molecule has 3 N–H and O–H groups in total. The van der Waals surface area contributed by atoms with Crippen LogP contribution < -0.4 is 5.09 Å². The fourth-order valence-corrected chi connectivity index (χ4v) is 3.99. The van der Waals surface area contributed by atoms with E-state index in [0.717, 1.165) is 25.9 Å². The highest BCUT2D eigenvalue weighted by molar-refractivity contribution is 7.55. The molecule has 1 aromatic rings. The number of benzene rings is 1. The van der Waals surface area contributed by atoms with Crippen molar-refractivity contribution in [3.8, 4) is 0 Å². The van der Waals surface area contributed by atoms with E-state index in [9.17, 15) is 19.4 Å². The molecule has 0 radical (unpaired) electrons. The molecule has 0 amide bonds.